The Balaban J connectivity index is 2.85. The Kier molecular flexibility index (Phi) is 3.75. The highest BCUT2D eigenvalue weighted by Gasteiger charge is 2.08. The van der Waals surface area contributed by atoms with E-state index >= 15 is 0 Å². The van der Waals surface area contributed by atoms with Crippen LogP contribution in [0.3, 0.4) is 0 Å². The summed E-state index contributed by atoms with van der Waals surface area (Å²) in [5.74, 6) is 0.680. The summed E-state index contributed by atoms with van der Waals surface area (Å²) in [5, 5.41) is 0. The van der Waals surface area contributed by atoms with Crippen molar-refractivity contribution < 1.29 is 0 Å². The van der Waals surface area contributed by atoms with E-state index in [9.17, 15) is 0 Å². The van der Waals surface area contributed by atoms with Crippen LogP contribution in [0.1, 0.15) is 26.7 Å². The van der Waals surface area contributed by atoms with E-state index in [2.05, 4.69) is 38.7 Å². The molecule has 0 bridgehead atoms. The molecule has 0 radical (unpaired) electrons. The monoisotopic (exact) mass is 174 g/mol. The summed E-state index contributed by atoms with van der Waals surface area (Å²) in [6.45, 7) is 8.15. The molecule has 0 aliphatic heterocycles. The maximum Gasteiger partial charge on any atom is -0.0215 e. The first kappa shape index (κ1) is 10.0. The molecule has 0 aromatic carbocycles. The molecule has 0 saturated carbocycles. The zero-order valence-electron chi connectivity index (χ0n) is 8.59. The molecule has 1 rings (SSSR count). The van der Waals surface area contributed by atoms with Gasteiger partial charge in [-0.25, -0.2) is 0 Å². The summed E-state index contributed by atoms with van der Waals surface area (Å²) in [5.41, 5.74) is 2.94. The summed E-state index contributed by atoms with van der Waals surface area (Å²) in [7, 11) is 0. The average Bonchev–Trinajstić information content (AvgIpc) is 2.15. The van der Waals surface area contributed by atoms with Crippen molar-refractivity contribution in [2.24, 2.45) is 5.92 Å². The fraction of sp³-hybridized carbons (Fsp3) is 0.385. The zero-order valence-corrected chi connectivity index (χ0v) is 8.59. The summed E-state index contributed by atoms with van der Waals surface area (Å²) in [6.07, 6.45) is 12.9. The highest BCUT2D eigenvalue weighted by Crippen LogP contribution is 2.25. The van der Waals surface area contributed by atoms with Gasteiger partial charge in [0.1, 0.15) is 0 Å². The standard InChI is InChI=1S/C13H18/c1-4-6-7-13-10-11(3)8-9-12(13)5-2/h4,6-9,11H,1,5,10H2,2-3H3. The molecule has 70 valence electrons. The van der Waals surface area contributed by atoms with Crippen LogP contribution < -0.4 is 0 Å². The Morgan fingerprint density at radius 2 is 2.38 bits per heavy atom. The lowest BCUT2D eigenvalue weighted by Gasteiger charge is -2.16. The minimum atomic E-state index is 0.680. The predicted molar refractivity (Wildman–Crippen MR) is 59.6 cm³/mol. The van der Waals surface area contributed by atoms with Gasteiger partial charge in [-0.3, -0.25) is 0 Å². The van der Waals surface area contributed by atoms with Crippen LogP contribution in [-0.2, 0) is 0 Å². The van der Waals surface area contributed by atoms with Crippen molar-refractivity contribution in [1.82, 2.24) is 0 Å². The van der Waals surface area contributed by atoms with Gasteiger partial charge in [0.15, 0.2) is 0 Å². The molecule has 0 amide bonds. The first-order valence-electron chi connectivity index (χ1n) is 4.97. The average molecular weight is 174 g/mol. The second-order valence-electron chi connectivity index (χ2n) is 3.54. The minimum absolute atomic E-state index is 0.680. The van der Waals surface area contributed by atoms with Crippen LogP contribution in [0.4, 0.5) is 0 Å². The zero-order chi connectivity index (χ0) is 9.68. The Labute approximate surface area is 81.4 Å². The lowest BCUT2D eigenvalue weighted by Crippen LogP contribution is -2.00. The largest absolute Gasteiger partial charge is 0.0991 e. The van der Waals surface area contributed by atoms with Crippen LogP contribution in [0.2, 0.25) is 0 Å². The molecular weight excluding hydrogens is 156 g/mol. The number of rotatable bonds is 3. The highest BCUT2D eigenvalue weighted by atomic mass is 14.1. The van der Waals surface area contributed by atoms with E-state index in [1.54, 1.807) is 0 Å². The van der Waals surface area contributed by atoms with Crippen LogP contribution >= 0.6 is 0 Å². The molecule has 0 spiro atoms. The molecule has 1 unspecified atom stereocenters. The summed E-state index contributed by atoms with van der Waals surface area (Å²) >= 11 is 0. The van der Waals surface area contributed by atoms with Crippen molar-refractivity contribution in [2.75, 3.05) is 0 Å². The second kappa shape index (κ2) is 4.86. The Morgan fingerprint density at radius 3 is 3.00 bits per heavy atom. The molecule has 1 atom stereocenters. The maximum atomic E-state index is 3.69. The van der Waals surface area contributed by atoms with E-state index < -0.39 is 0 Å². The first-order chi connectivity index (χ1) is 6.27. The van der Waals surface area contributed by atoms with Crippen molar-refractivity contribution in [2.45, 2.75) is 26.7 Å². The summed E-state index contributed by atoms with van der Waals surface area (Å²) < 4.78 is 0. The predicted octanol–water partition coefficient (Wildman–Crippen LogP) is 4.03. The Hall–Kier alpha value is -1.04. The normalized spacial score (nSPS) is 22.8. The minimum Gasteiger partial charge on any atom is -0.0991 e. The molecule has 0 nitrogen and oxygen atoms in total. The third-order valence-corrected chi connectivity index (χ3v) is 2.39. The van der Waals surface area contributed by atoms with Gasteiger partial charge in [-0.05, 0) is 29.9 Å². The number of allylic oxidation sites excluding steroid dienone is 7. The van der Waals surface area contributed by atoms with Crippen LogP contribution in [0.5, 0.6) is 0 Å². The topological polar surface area (TPSA) is 0 Å². The molecule has 0 heterocycles. The third kappa shape index (κ3) is 2.73. The van der Waals surface area contributed by atoms with E-state index in [1.807, 2.05) is 12.2 Å². The molecule has 1 aliphatic carbocycles. The van der Waals surface area contributed by atoms with E-state index in [4.69, 9.17) is 0 Å². The summed E-state index contributed by atoms with van der Waals surface area (Å²) in [6, 6.07) is 0. The fourth-order valence-electron chi connectivity index (χ4n) is 1.64. The maximum absolute atomic E-state index is 3.69. The van der Waals surface area contributed by atoms with Crippen LogP contribution in [0.25, 0.3) is 0 Å². The first-order valence-corrected chi connectivity index (χ1v) is 4.97. The molecular formula is C13H18. The van der Waals surface area contributed by atoms with Gasteiger partial charge in [-0.1, -0.05) is 50.8 Å². The van der Waals surface area contributed by atoms with E-state index in [1.165, 1.54) is 17.6 Å². The number of hydrogen-bond donors (Lipinski definition) is 0. The van der Waals surface area contributed by atoms with Crippen molar-refractivity contribution in [3.8, 4) is 0 Å². The quantitative estimate of drug-likeness (QED) is 0.567. The second-order valence-corrected chi connectivity index (χ2v) is 3.54. The van der Waals surface area contributed by atoms with E-state index in [0.717, 1.165) is 6.42 Å². The van der Waals surface area contributed by atoms with Crippen molar-refractivity contribution in [3.63, 3.8) is 0 Å². The van der Waals surface area contributed by atoms with Crippen molar-refractivity contribution >= 4 is 0 Å². The lowest BCUT2D eigenvalue weighted by molar-refractivity contribution is 0.706. The molecule has 0 heteroatoms. The van der Waals surface area contributed by atoms with Gasteiger partial charge in [-0.2, -0.15) is 0 Å². The van der Waals surface area contributed by atoms with Crippen molar-refractivity contribution in [1.29, 1.82) is 0 Å². The number of hydrogen-bond acceptors (Lipinski definition) is 0. The van der Waals surface area contributed by atoms with Gasteiger partial charge in [0.2, 0.25) is 0 Å². The molecule has 0 aromatic rings. The summed E-state index contributed by atoms with van der Waals surface area (Å²) in [4.78, 5) is 0. The Bertz CT molecular complexity index is 264. The van der Waals surface area contributed by atoms with Gasteiger partial charge in [-0.15, -0.1) is 0 Å². The van der Waals surface area contributed by atoms with Crippen molar-refractivity contribution in [3.05, 3.63) is 48.1 Å². The molecule has 0 N–H and O–H groups in total. The molecule has 1 aliphatic rings. The molecule has 0 fully saturated rings. The highest BCUT2D eigenvalue weighted by molar-refractivity contribution is 5.37. The lowest BCUT2D eigenvalue weighted by atomic mass is 9.89. The van der Waals surface area contributed by atoms with Gasteiger partial charge in [0.05, 0.1) is 0 Å². The Morgan fingerprint density at radius 1 is 1.62 bits per heavy atom. The van der Waals surface area contributed by atoms with Crippen LogP contribution in [-0.4, -0.2) is 0 Å². The van der Waals surface area contributed by atoms with Gasteiger partial charge in [0, 0.05) is 0 Å². The fourth-order valence-corrected chi connectivity index (χ4v) is 1.64. The van der Waals surface area contributed by atoms with E-state index in [-0.39, 0.29) is 0 Å². The SMILES string of the molecule is C=CC=CC1=C(CC)C=CC(C)C1. The van der Waals surface area contributed by atoms with Crippen LogP contribution in [0, 0.1) is 5.92 Å². The third-order valence-electron chi connectivity index (χ3n) is 2.39. The molecule has 0 aromatic heterocycles. The molecule has 0 saturated heterocycles. The molecule has 13 heavy (non-hydrogen) atoms. The van der Waals surface area contributed by atoms with E-state index in [0.29, 0.717) is 5.92 Å². The van der Waals surface area contributed by atoms with Gasteiger partial charge < -0.3 is 0 Å². The van der Waals surface area contributed by atoms with Gasteiger partial charge in [0.25, 0.3) is 0 Å². The smallest absolute Gasteiger partial charge is 0.0215 e. The van der Waals surface area contributed by atoms with Gasteiger partial charge >= 0.3 is 0 Å². The van der Waals surface area contributed by atoms with Crippen LogP contribution in [0.15, 0.2) is 48.1 Å².